The van der Waals surface area contributed by atoms with Crippen LogP contribution in [0.3, 0.4) is 0 Å². The normalized spacial score (nSPS) is 11.5. The zero-order valence-electron chi connectivity index (χ0n) is 11.5. The standard InChI is InChI=1S/C13H19NO5S/c1-3-4-5-6-14-20(18,19)12-8-10(13(16)17)11(15)7-9(12)2/h7-8,14-15H,3-6H2,1-2H3,(H,16,17). The third kappa shape index (κ3) is 3.94. The van der Waals surface area contributed by atoms with E-state index in [1.54, 1.807) is 0 Å². The van der Waals surface area contributed by atoms with Gasteiger partial charge in [0, 0.05) is 6.54 Å². The highest BCUT2D eigenvalue weighted by Gasteiger charge is 2.21. The lowest BCUT2D eigenvalue weighted by Gasteiger charge is -2.11. The van der Waals surface area contributed by atoms with Crippen molar-refractivity contribution < 1.29 is 23.4 Å². The molecule has 7 heteroatoms. The van der Waals surface area contributed by atoms with E-state index < -0.39 is 27.3 Å². The van der Waals surface area contributed by atoms with Crippen LogP contribution in [-0.2, 0) is 10.0 Å². The predicted molar refractivity (Wildman–Crippen MR) is 74.5 cm³/mol. The van der Waals surface area contributed by atoms with Crippen LogP contribution in [0.25, 0.3) is 0 Å². The Morgan fingerprint density at radius 3 is 2.50 bits per heavy atom. The summed E-state index contributed by atoms with van der Waals surface area (Å²) in [6.07, 6.45) is 2.61. The van der Waals surface area contributed by atoms with Crippen LogP contribution in [-0.4, -0.2) is 31.1 Å². The lowest BCUT2D eigenvalue weighted by molar-refractivity contribution is 0.0693. The van der Waals surface area contributed by atoms with Gasteiger partial charge in [-0.05, 0) is 31.0 Å². The Bertz CT molecular complexity index is 595. The van der Waals surface area contributed by atoms with Crippen molar-refractivity contribution in [1.29, 1.82) is 0 Å². The van der Waals surface area contributed by atoms with E-state index in [9.17, 15) is 18.3 Å². The summed E-state index contributed by atoms with van der Waals surface area (Å²) >= 11 is 0. The molecule has 0 saturated heterocycles. The van der Waals surface area contributed by atoms with E-state index in [1.165, 1.54) is 6.92 Å². The molecule has 1 aromatic rings. The lowest BCUT2D eigenvalue weighted by Crippen LogP contribution is -2.25. The van der Waals surface area contributed by atoms with Gasteiger partial charge in [0.05, 0.1) is 4.90 Å². The molecule has 0 heterocycles. The van der Waals surface area contributed by atoms with Crippen LogP contribution in [0.4, 0.5) is 0 Å². The molecular formula is C13H19NO5S. The quantitative estimate of drug-likeness (QED) is 0.667. The van der Waals surface area contributed by atoms with Gasteiger partial charge < -0.3 is 10.2 Å². The summed E-state index contributed by atoms with van der Waals surface area (Å²) in [5, 5.41) is 18.4. The summed E-state index contributed by atoms with van der Waals surface area (Å²) in [6, 6.07) is 2.12. The molecule has 0 radical (unpaired) electrons. The molecule has 1 rings (SSSR count). The topological polar surface area (TPSA) is 104 Å². The minimum absolute atomic E-state index is 0.121. The average Bonchev–Trinajstić information content (AvgIpc) is 2.33. The lowest BCUT2D eigenvalue weighted by atomic mass is 10.1. The smallest absolute Gasteiger partial charge is 0.339 e. The molecule has 0 aliphatic heterocycles. The number of aromatic carboxylic acids is 1. The van der Waals surface area contributed by atoms with E-state index in [1.807, 2.05) is 6.92 Å². The second-order valence-electron chi connectivity index (χ2n) is 4.54. The van der Waals surface area contributed by atoms with Crippen molar-refractivity contribution in [3.63, 3.8) is 0 Å². The summed E-state index contributed by atoms with van der Waals surface area (Å²) in [5.74, 6) is -1.81. The predicted octanol–water partition coefficient (Wildman–Crippen LogP) is 1.87. The van der Waals surface area contributed by atoms with Crippen LogP contribution >= 0.6 is 0 Å². The first-order chi connectivity index (χ1) is 9.29. The van der Waals surface area contributed by atoms with E-state index >= 15 is 0 Å². The fourth-order valence-electron chi connectivity index (χ4n) is 1.79. The van der Waals surface area contributed by atoms with Crippen LogP contribution in [0.5, 0.6) is 5.75 Å². The molecular weight excluding hydrogens is 282 g/mol. The minimum atomic E-state index is -3.77. The number of sulfonamides is 1. The zero-order chi connectivity index (χ0) is 15.3. The molecule has 0 aliphatic carbocycles. The van der Waals surface area contributed by atoms with Gasteiger partial charge in [-0.1, -0.05) is 19.8 Å². The number of carbonyl (C=O) groups is 1. The van der Waals surface area contributed by atoms with E-state index in [-0.39, 0.29) is 4.90 Å². The van der Waals surface area contributed by atoms with E-state index in [2.05, 4.69) is 4.72 Å². The molecule has 0 unspecified atom stereocenters. The second kappa shape index (κ2) is 6.71. The van der Waals surface area contributed by atoms with Crippen molar-refractivity contribution in [2.24, 2.45) is 0 Å². The first kappa shape index (κ1) is 16.5. The van der Waals surface area contributed by atoms with Gasteiger partial charge in [0.1, 0.15) is 11.3 Å². The molecule has 20 heavy (non-hydrogen) atoms. The van der Waals surface area contributed by atoms with Crippen LogP contribution < -0.4 is 4.72 Å². The maximum atomic E-state index is 12.1. The van der Waals surface area contributed by atoms with Gasteiger partial charge in [-0.25, -0.2) is 17.9 Å². The van der Waals surface area contributed by atoms with Crippen molar-refractivity contribution in [3.05, 3.63) is 23.3 Å². The number of rotatable bonds is 7. The van der Waals surface area contributed by atoms with Gasteiger partial charge in [-0.3, -0.25) is 0 Å². The van der Waals surface area contributed by atoms with E-state index in [4.69, 9.17) is 5.11 Å². The molecule has 0 bridgehead atoms. The number of carboxylic acid groups (broad SMARTS) is 1. The summed E-state index contributed by atoms with van der Waals surface area (Å²) in [5.41, 5.74) is -0.125. The molecule has 0 amide bonds. The zero-order valence-corrected chi connectivity index (χ0v) is 12.3. The highest BCUT2D eigenvalue weighted by atomic mass is 32.2. The van der Waals surface area contributed by atoms with E-state index in [0.29, 0.717) is 12.1 Å². The number of unbranched alkanes of at least 4 members (excludes halogenated alkanes) is 2. The number of hydrogen-bond donors (Lipinski definition) is 3. The Morgan fingerprint density at radius 2 is 1.95 bits per heavy atom. The Hall–Kier alpha value is -1.60. The molecule has 112 valence electrons. The fraction of sp³-hybridized carbons (Fsp3) is 0.462. The molecule has 0 aromatic heterocycles. The second-order valence-corrected chi connectivity index (χ2v) is 6.28. The Morgan fingerprint density at radius 1 is 1.30 bits per heavy atom. The van der Waals surface area contributed by atoms with Crippen molar-refractivity contribution in [2.45, 2.75) is 38.0 Å². The van der Waals surface area contributed by atoms with Gasteiger partial charge in [0.2, 0.25) is 10.0 Å². The SMILES string of the molecule is CCCCCNS(=O)(=O)c1cc(C(=O)O)c(O)cc1C. The summed E-state index contributed by atoms with van der Waals surface area (Å²) in [4.78, 5) is 10.8. The summed E-state index contributed by atoms with van der Waals surface area (Å²) in [6.45, 7) is 3.82. The Balaban J connectivity index is 3.05. The summed E-state index contributed by atoms with van der Waals surface area (Å²) in [7, 11) is -3.77. The van der Waals surface area contributed by atoms with Gasteiger partial charge >= 0.3 is 5.97 Å². The molecule has 3 N–H and O–H groups in total. The first-order valence-electron chi connectivity index (χ1n) is 6.36. The molecule has 6 nitrogen and oxygen atoms in total. The Labute approximate surface area is 118 Å². The molecule has 0 aliphatic rings. The number of phenols is 1. The van der Waals surface area contributed by atoms with Gasteiger partial charge in [-0.15, -0.1) is 0 Å². The highest BCUT2D eigenvalue weighted by Crippen LogP contribution is 2.25. The minimum Gasteiger partial charge on any atom is -0.507 e. The number of aromatic hydroxyl groups is 1. The molecule has 1 aromatic carbocycles. The molecule has 0 atom stereocenters. The number of hydrogen-bond acceptors (Lipinski definition) is 4. The molecule has 0 fully saturated rings. The van der Waals surface area contributed by atoms with Crippen LogP contribution in [0, 0.1) is 6.92 Å². The summed E-state index contributed by atoms with van der Waals surface area (Å²) < 4.78 is 26.7. The Kier molecular flexibility index (Phi) is 5.52. The number of nitrogens with one attached hydrogen (secondary N) is 1. The van der Waals surface area contributed by atoms with Gasteiger partial charge in [0.25, 0.3) is 0 Å². The number of benzene rings is 1. The number of aryl methyl sites for hydroxylation is 1. The molecule has 0 spiro atoms. The fourth-order valence-corrected chi connectivity index (χ4v) is 3.12. The highest BCUT2D eigenvalue weighted by molar-refractivity contribution is 7.89. The van der Waals surface area contributed by atoms with Crippen LogP contribution in [0.2, 0.25) is 0 Å². The average molecular weight is 301 g/mol. The largest absolute Gasteiger partial charge is 0.507 e. The maximum Gasteiger partial charge on any atom is 0.339 e. The van der Waals surface area contributed by atoms with Crippen molar-refractivity contribution >= 4 is 16.0 Å². The van der Waals surface area contributed by atoms with E-state index in [0.717, 1.165) is 31.4 Å². The third-order valence-electron chi connectivity index (χ3n) is 2.89. The van der Waals surface area contributed by atoms with Gasteiger partial charge in [-0.2, -0.15) is 0 Å². The maximum absolute atomic E-state index is 12.1. The first-order valence-corrected chi connectivity index (χ1v) is 7.84. The van der Waals surface area contributed by atoms with Crippen LogP contribution in [0.15, 0.2) is 17.0 Å². The van der Waals surface area contributed by atoms with Crippen molar-refractivity contribution in [2.75, 3.05) is 6.54 Å². The van der Waals surface area contributed by atoms with Gasteiger partial charge in [0.15, 0.2) is 0 Å². The number of carboxylic acids is 1. The monoisotopic (exact) mass is 301 g/mol. The van der Waals surface area contributed by atoms with Crippen molar-refractivity contribution in [1.82, 2.24) is 4.72 Å². The molecule has 0 saturated carbocycles. The third-order valence-corrected chi connectivity index (χ3v) is 4.49. The van der Waals surface area contributed by atoms with Crippen LogP contribution in [0.1, 0.15) is 42.1 Å². The van der Waals surface area contributed by atoms with Crippen molar-refractivity contribution in [3.8, 4) is 5.75 Å².